The first-order valence-corrected chi connectivity index (χ1v) is 6.88. The van der Waals surface area contributed by atoms with E-state index in [1.54, 1.807) is 7.05 Å². The normalized spacial score (nSPS) is 10.8. The Balaban J connectivity index is 2.48. The van der Waals surface area contributed by atoms with E-state index < -0.39 is 0 Å². The first-order chi connectivity index (χ1) is 9.52. The fourth-order valence-corrected chi connectivity index (χ4v) is 2.10. The Hall–Kier alpha value is -1.94. The highest BCUT2D eigenvalue weighted by molar-refractivity contribution is 5.61. The van der Waals surface area contributed by atoms with Crippen molar-refractivity contribution in [3.63, 3.8) is 0 Å². The fraction of sp³-hybridized carbons (Fsp3) is 0.375. The van der Waals surface area contributed by atoms with Gasteiger partial charge in [-0.1, -0.05) is 19.1 Å². The van der Waals surface area contributed by atoms with Crippen molar-refractivity contribution in [1.82, 2.24) is 15.1 Å². The standard InChI is InChI=1S/C16H21N3O/c1-5-17-10-14-9-15(18-19(4)16(14)20)13-7-6-11(2)12(3)8-13/h6-9,17H,5,10H2,1-4H3. The number of aromatic nitrogens is 2. The van der Waals surface area contributed by atoms with E-state index in [1.807, 2.05) is 19.1 Å². The largest absolute Gasteiger partial charge is 0.313 e. The lowest BCUT2D eigenvalue weighted by molar-refractivity contribution is 0.665. The van der Waals surface area contributed by atoms with Crippen LogP contribution in [0.4, 0.5) is 0 Å². The van der Waals surface area contributed by atoms with E-state index in [1.165, 1.54) is 15.8 Å². The quantitative estimate of drug-likeness (QED) is 0.927. The minimum absolute atomic E-state index is 0.0430. The highest BCUT2D eigenvalue weighted by Crippen LogP contribution is 2.20. The Kier molecular flexibility index (Phi) is 4.35. The van der Waals surface area contributed by atoms with Gasteiger partial charge in [0.05, 0.1) is 5.69 Å². The van der Waals surface area contributed by atoms with Crippen molar-refractivity contribution in [2.24, 2.45) is 7.05 Å². The molecule has 106 valence electrons. The third kappa shape index (κ3) is 2.96. The number of rotatable bonds is 4. The van der Waals surface area contributed by atoms with E-state index in [9.17, 15) is 4.79 Å². The average molecular weight is 271 g/mol. The number of benzene rings is 1. The summed E-state index contributed by atoms with van der Waals surface area (Å²) in [6, 6.07) is 8.13. The van der Waals surface area contributed by atoms with Gasteiger partial charge in [0, 0.05) is 24.7 Å². The Morgan fingerprint density at radius 2 is 1.95 bits per heavy atom. The van der Waals surface area contributed by atoms with E-state index in [4.69, 9.17) is 0 Å². The van der Waals surface area contributed by atoms with Crippen molar-refractivity contribution < 1.29 is 0 Å². The average Bonchev–Trinajstić information content (AvgIpc) is 2.43. The molecule has 0 atom stereocenters. The molecule has 1 aromatic heterocycles. The summed E-state index contributed by atoms with van der Waals surface area (Å²) < 4.78 is 1.41. The lowest BCUT2D eigenvalue weighted by Crippen LogP contribution is -2.27. The van der Waals surface area contributed by atoms with Gasteiger partial charge in [-0.15, -0.1) is 0 Å². The third-order valence-electron chi connectivity index (χ3n) is 3.51. The van der Waals surface area contributed by atoms with E-state index in [0.29, 0.717) is 6.54 Å². The van der Waals surface area contributed by atoms with Crippen molar-refractivity contribution in [2.75, 3.05) is 6.54 Å². The SMILES string of the molecule is CCNCc1cc(-c2ccc(C)c(C)c2)nn(C)c1=O. The zero-order valence-corrected chi connectivity index (χ0v) is 12.5. The maximum absolute atomic E-state index is 12.0. The molecule has 4 heteroatoms. The van der Waals surface area contributed by atoms with Crippen LogP contribution >= 0.6 is 0 Å². The summed E-state index contributed by atoms with van der Waals surface area (Å²) in [5.74, 6) is 0. The van der Waals surface area contributed by atoms with Crippen LogP contribution in [-0.4, -0.2) is 16.3 Å². The minimum Gasteiger partial charge on any atom is -0.313 e. The molecule has 0 unspecified atom stereocenters. The van der Waals surface area contributed by atoms with Crippen LogP contribution in [0.2, 0.25) is 0 Å². The van der Waals surface area contributed by atoms with Gasteiger partial charge < -0.3 is 5.32 Å². The van der Waals surface area contributed by atoms with Gasteiger partial charge >= 0.3 is 0 Å². The van der Waals surface area contributed by atoms with E-state index in [-0.39, 0.29) is 5.56 Å². The predicted molar refractivity (Wildman–Crippen MR) is 81.8 cm³/mol. The van der Waals surface area contributed by atoms with Crippen molar-refractivity contribution >= 4 is 0 Å². The molecule has 0 saturated heterocycles. The van der Waals surface area contributed by atoms with Crippen LogP contribution in [0, 0.1) is 13.8 Å². The number of aryl methyl sites for hydroxylation is 3. The summed E-state index contributed by atoms with van der Waals surface area (Å²) in [6.07, 6.45) is 0. The molecule has 1 aromatic carbocycles. The second-order valence-electron chi connectivity index (χ2n) is 5.06. The van der Waals surface area contributed by atoms with Crippen LogP contribution in [0.1, 0.15) is 23.6 Å². The van der Waals surface area contributed by atoms with Crippen LogP contribution in [-0.2, 0) is 13.6 Å². The van der Waals surface area contributed by atoms with E-state index in [0.717, 1.165) is 23.4 Å². The molecule has 1 heterocycles. The molecule has 0 amide bonds. The highest BCUT2D eigenvalue weighted by Gasteiger charge is 2.08. The molecule has 0 saturated carbocycles. The van der Waals surface area contributed by atoms with Crippen molar-refractivity contribution in [1.29, 1.82) is 0 Å². The molecule has 0 fully saturated rings. The second kappa shape index (κ2) is 6.01. The van der Waals surface area contributed by atoms with Gasteiger partial charge in [-0.3, -0.25) is 4.79 Å². The van der Waals surface area contributed by atoms with Crippen LogP contribution in [0.15, 0.2) is 29.1 Å². The first kappa shape index (κ1) is 14.5. The van der Waals surface area contributed by atoms with Gasteiger partial charge in [0.15, 0.2) is 0 Å². The predicted octanol–water partition coefficient (Wildman–Crippen LogP) is 2.17. The third-order valence-corrected chi connectivity index (χ3v) is 3.51. The van der Waals surface area contributed by atoms with E-state index in [2.05, 4.69) is 36.4 Å². The smallest absolute Gasteiger partial charge is 0.271 e. The number of nitrogens with zero attached hydrogens (tertiary/aromatic N) is 2. The Morgan fingerprint density at radius 3 is 2.60 bits per heavy atom. The molecule has 1 N–H and O–H groups in total. The molecule has 0 spiro atoms. The fourth-order valence-electron chi connectivity index (χ4n) is 2.10. The highest BCUT2D eigenvalue weighted by atomic mass is 16.1. The van der Waals surface area contributed by atoms with Crippen LogP contribution in [0.3, 0.4) is 0 Å². The van der Waals surface area contributed by atoms with Gasteiger partial charge in [0.25, 0.3) is 5.56 Å². The van der Waals surface area contributed by atoms with Gasteiger partial charge in [-0.2, -0.15) is 5.10 Å². The van der Waals surface area contributed by atoms with Gasteiger partial charge in [0.1, 0.15) is 0 Å². The van der Waals surface area contributed by atoms with Crippen LogP contribution in [0.5, 0.6) is 0 Å². The molecule has 0 aliphatic heterocycles. The van der Waals surface area contributed by atoms with Crippen molar-refractivity contribution in [3.05, 3.63) is 51.3 Å². The molecule has 4 nitrogen and oxygen atoms in total. The zero-order valence-electron chi connectivity index (χ0n) is 12.5. The Labute approximate surface area is 119 Å². The van der Waals surface area contributed by atoms with Crippen molar-refractivity contribution in [3.8, 4) is 11.3 Å². The van der Waals surface area contributed by atoms with Gasteiger partial charge in [-0.05, 0) is 43.7 Å². The molecular formula is C16H21N3O. The molecule has 2 aromatic rings. The summed E-state index contributed by atoms with van der Waals surface area (Å²) in [6.45, 7) is 7.61. The molecule has 0 radical (unpaired) electrons. The lowest BCUT2D eigenvalue weighted by Gasteiger charge is -2.09. The summed E-state index contributed by atoms with van der Waals surface area (Å²) in [7, 11) is 1.70. The topological polar surface area (TPSA) is 46.9 Å². The molecule has 20 heavy (non-hydrogen) atoms. The maximum atomic E-state index is 12.0. The van der Waals surface area contributed by atoms with Crippen molar-refractivity contribution in [2.45, 2.75) is 27.3 Å². The lowest BCUT2D eigenvalue weighted by atomic mass is 10.0. The number of hydrogen-bond donors (Lipinski definition) is 1. The van der Waals surface area contributed by atoms with Crippen LogP contribution in [0.25, 0.3) is 11.3 Å². The number of hydrogen-bond acceptors (Lipinski definition) is 3. The molecular weight excluding hydrogens is 250 g/mol. The Morgan fingerprint density at radius 1 is 1.20 bits per heavy atom. The molecule has 0 bridgehead atoms. The zero-order chi connectivity index (χ0) is 14.7. The molecule has 0 aliphatic carbocycles. The molecule has 2 rings (SSSR count). The molecule has 0 aliphatic rings. The van der Waals surface area contributed by atoms with Gasteiger partial charge in [0.2, 0.25) is 0 Å². The maximum Gasteiger partial charge on any atom is 0.271 e. The summed E-state index contributed by atoms with van der Waals surface area (Å²) in [5, 5.41) is 7.55. The summed E-state index contributed by atoms with van der Waals surface area (Å²) >= 11 is 0. The summed E-state index contributed by atoms with van der Waals surface area (Å²) in [5.41, 5.74) is 5.07. The first-order valence-electron chi connectivity index (χ1n) is 6.88. The van der Waals surface area contributed by atoms with Gasteiger partial charge in [-0.25, -0.2) is 4.68 Å². The Bertz CT molecular complexity index is 674. The van der Waals surface area contributed by atoms with Crippen LogP contribution < -0.4 is 10.9 Å². The summed E-state index contributed by atoms with van der Waals surface area (Å²) in [4.78, 5) is 12.0. The minimum atomic E-state index is -0.0430. The number of nitrogens with one attached hydrogen (secondary N) is 1. The monoisotopic (exact) mass is 271 g/mol. The second-order valence-corrected chi connectivity index (χ2v) is 5.06. The van der Waals surface area contributed by atoms with E-state index >= 15 is 0 Å².